The van der Waals surface area contributed by atoms with E-state index < -0.39 is 6.36 Å². The van der Waals surface area contributed by atoms with Crippen molar-refractivity contribution in [2.75, 3.05) is 20.1 Å². The molecular weight excluding hydrogens is 305 g/mol. The van der Waals surface area contributed by atoms with Crippen LogP contribution in [0.2, 0.25) is 0 Å². The van der Waals surface area contributed by atoms with Crippen molar-refractivity contribution < 1.29 is 17.9 Å². The molecule has 0 saturated carbocycles. The first-order valence-corrected chi connectivity index (χ1v) is 6.35. The van der Waals surface area contributed by atoms with Gasteiger partial charge in [0.1, 0.15) is 5.75 Å². The van der Waals surface area contributed by atoms with Crippen LogP contribution in [-0.4, -0.2) is 31.4 Å². The molecule has 1 aromatic carbocycles. The van der Waals surface area contributed by atoms with E-state index in [1.807, 2.05) is 25.8 Å². The molecule has 3 nitrogen and oxygen atoms in total. The molecule has 122 valence electrons. The molecule has 2 N–H and O–H groups in total. The first-order chi connectivity index (χ1) is 9.11. The number of ether oxygens (including phenoxy) is 1. The van der Waals surface area contributed by atoms with Gasteiger partial charge < -0.3 is 15.4 Å². The van der Waals surface area contributed by atoms with Crippen molar-refractivity contribution in [2.45, 2.75) is 26.8 Å². The Morgan fingerprint density at radius 2 is 1.86 bits per heavy atom. The lowest BCUT2D eigenvalue weighted by Crippen LogP contribution is -2.36. The number of halogens is 4. The van der Waals surface area contributed by atoms with Crippen LogP contribution in [0, 0.1) is 5.41 Å². The average molecular weight is 327 g/mol. The number of hydrogen-bond donors (Lipinski definition) is 1. The van der Waals surface area contributed by atoms with Crippen LogP contribution in [0.25, 0.3) is 0 Å². The van der Waals surface area contributed by atoms with Gasteiger partial charge in [0.2, 0.25) is 0 Å². The largest absolute Gasteiger partial charge is 0.573 e. The standard InChI is InChI=1S/C14H21F3N2O.ClH/c1-13(2,9-18)10-19(3)8-11-5-4-6-12(7-11)20-14(15,16)17;/h4-7H,8-10,18H2,1-3H3;1H. The van der Waals surface area contributed by atoms with Gasteiger partial charge >= 0.3 is 6.36 Å². The molecule has 0 atom stereocenters. The maximum absolute atomic E-state index is 12.2. The maximum atomic E-state index is 12.2. The highest BCUT2D eigenvalue weighted by molar-refractivity contribution is 5.85. The van der Waals surface area contributed by atoms with Crippen molar-refractivity contribution in [3.8, 4) is 5.75 Å². The summed E-state index contributed by atoms with van der Waals surface area (Å²) in [7, 11) is 1.91. The molecule has 0 heterocycles. The summed E-state index contributed by atoms with van der Waals surface area (Å²) in [4.78, 5) is 2.03. The minimum Gasteiger partial charge on any atom is -0.406 e. The predicted molar refractivity (Wildman–Crippen MR) is 79.5 cm³/mol. The average Bonchev–Trinajstić information content (AvgIpc) is 2.26. The van der Waals surface area contributed by atoms with Crippen LogP contribution in [-0.2, 0) is 6.54 Å². The quantitative estimate of drug-likeness (QED) is 0.870. The van der Waals surface area contributed by atoms with E-state index >= 15 is 0 Å². The Hall–Kier alpha value is -0.980. The molecule has 21 heavy (non-hydrogen) atoms. The van der Waals surface area contributed by atoms with Gasteiger partial charge in [-0.15, -0.1) is 25.6 Å². The van der Waals surface area contributed by atoms with Crippen molar-refractivity contribution in [1.29, 1.82) is 0 Å². The maximum Gasteiger partial charge on any atom is 0.573 e. The van der Waals surface area contributed by atoms with Crippen molar-refractivity contribution in [3.05, 3.63) is 29.8 Å². The highest BCUT2D eigenvalue weighted by Crippen LogP contribution is 2.24. The first kappa shape index (κ1) is 20.0. The lowest BCUT2D eigenvalue weighted by Gasteiger charge is -2.29. The fourth-order valence-electron chi connectivity index (χ4n) is 2.00. The second-order valence-corrected chi connectivity index (χ2v) is 5.74. The smallest absolute Gasteiger partial charge is 0.406 e. The van der Waals surface area contributed by atoms with Crippen molar-refractivity contribution in [2.24, 2.45) is 11.1 Å². The normalized spacial score (nSPS) is 12.2. The zero-order valence-corrected chi connectivity index (χ0v) is 13.2. The molecule has 0 amide bonds. The highest BCUT2D eigenvalue weighted by Gasteiger charge is 2.31. The van der Waals surface area contributed by atoms with Gasteiger partial charge in [-0.1, -0.05) is 26.0 Å². The van der Waals surface area contributed by atoms with E-state index in [2.05, 4.69) is 4.74 Å². The van der Waals surface area contributed by atoms with Crippen LogP contribution in [0.3, 0.4) is 0 Å². The van der Waals surface area contributed by atoms with Gasteiger partial charge in [0.15, 0.2) is 0 Å². The summed E-state index contributed by atoms with van der Waals surface area (Å²) in [6.45, 7) is 5.94. The van der Waals surface area contributed by atoms with Gasteiger partial charge in [-0.05, 0) is 36.7 Å². The Morgan fingerprint density at radius 1 is 1.24 bits per heavy atom. The molecule has 0 radical (unpaired) electrons. The van der Waals surface area contributed by atoms with Gasteiger partial charge in [-0.3, -0.25) is 0 Å². The molecule has 1 rings (SSSR count). The van der Waals surface area contributed by atoms with E-state index in [1.54, 1.807) is 12.1 Å². The number of nitrogens with zero attached hydrogens (tertiary/aromatic N) is 1. The Morgan fingerprint density at radius 3 is 2.38 bits per heavy atom. The second-order valence-electron chi connectivity index (χ2n) is 5.74. The van der Waals surface area contributed by atoms with Gasteiger partial charge in [0, 0.05) is 13.1 Å². The van der Waals surface area contributed by atoms with Gasteiger partial charge in [-0.2, -0.15) is 0 Å². The Kier molecular flexibility index (Phi) is 7.50. The SMILES string of the molecule is CN(Cc1cccc(OC(F)(F)F)c1)CC(C)(C)CN.Cl. The molecule has 0 fully saturated rings. The summed E-state index contributed by atoms with van der Waals surface area (Å²) in [6, 6.07) is 6.02. The van der Waals surface area contributed by atoms with Crippen LogP contribution in [0.1, 0.15) is 19.4 Å². The van der Waals surface area contributed by atoms with Crippen LogP contribution in [0.5, 0.6) is 5.75 Å². The monoisotopic (exact) mass is 326 g/mol. The molecule has 0 unspecified atom stereocenters. The van der Waals surface area contributed by atoms with E-state index in [0.717, 1.165) is 12.1 Å². The molecule has 0 saturated heterocycles. The molecule has 0 bridgehead atoms. The molecule has 7 heteroatoms. The summed E-state index contributed by atoms with van der Waals surface area (Å²) < 4.78 is 40.4. The zero-order chi connectivity index (χ0) is 15.4. The molecule has 1 aromatic rings. The Labute approximate surface area is 129 Å². The molecular formula is C14H22ClF3N2O. The second kappa shape index (κ2) is 7.87. The van der Waals surface area contributed by atoms with Crippen LogP contribution < -0.4 is 10.5 Å². The summed E-state index contributed by atoms with van der Waals surface area (Å²) in [5.41, 5.74) is 6.40. The van der Waals surface area contributed by atoms with Gasteiger partial charge in [-0.25, -0.2) is 0 Å². The van der Waals surface area contributed by atoms with Crippen molar-refractivity contribution in [1.82, 2.24) is 4.90 Å². The molecule has 0 aliphatic carbocycles. The first-order valence-electron chi connectivity index (χ1n) is 6.35. The lowest BCUT2D eigenvalue weighted by molar-refractivity contribution is -0.274. The van der Waals surface area contributed by atoms with Crippen LogP contribution in [0.4, 0.5) is 13.2 Å². The number of rotatable bonds is 6. The topological polar surface area (TPSA) is 38.5 Å². The van der Waals surface area contributed by atoms with Crippen molar-refractivity contribution >= 4 is 12.4 Å². The summed E-state index contributed by atoms with van der Waals surface area (Å²) in [5, 5.41) is 0. The molecule has 0 aliphatic heterocycles. The van der Waals surface area contributed by atoms with Crippen LogP contribution in [0.15, 0.2) is 24.3 Å². The molecule has 0 aliphatic rings. The number of alkyl halides is 3. The van der Waals surface area contributed by atoms with E-state index in [1.165, 1.54) is 12.1 Å². The third kappa shape index (κ3) is 8.14. The summed E-state index contributed by atoms with van der Waals surface area (Å²) in [6.07, 6.45) is -4.66. The number of benzene rings is 1. The fraction of sp³-hybridized carbons (Fsp3) is 0.571. The lowest BCUT2D eigenvalue weighted by atomic mass is 9.93. The van der Waals surface area contributed by atoms with Crippen LogP contribution >= 0.6 is 12.4 Å². The van der Waals surface area contributed by atoms with Gasteiger partial charge in [0.05, 0.1) is 0 Å². The van der Waals surface area contributed by atoms with Crippen molar-refractivity contribution in [3.63, 3.8) is 0 Å². The van der Waals surface area contributed by atoms with E-state index in [-0.39, 0.29) is 23.6 Å². The Bertz CT molecular complexity index is 438. The Balaban J connectivity index is 0.00000400. The predicted octanol–water partition coefficient (Wildman–Crippen LogP) is 3.42. The number of hydrogen-bond acceptors (Lipinski definition) is 3. The third-order valence-corrected chi connectivity index (χ3v) is 2.84. The van der Waals surface area contributed by atoms with Gasteiger partial charge in [0.25, 0.3) is 0 Å². The third-order valence-electron chi connectivity index (χ3n) is 2.84. The fourth-order valence-corrected chi connectivity index (χ4v) is 2.00. The minimum atomic E-state index is -4.66. The highest BCUT2D eigenvalue weighted by atomic mass is 35.5. The van der Waals surface area contributed by atoms with E-state index in [9.17, 15) is 13.2 Å². The molecule has 0 spiro atoms. The minimum absolute atomic E-state index is 0. The number of nitrogens with two attached hydrogens (primary N) is 1. The molecule has 0 aromatic heterocycles. The van der Waals surface area contributed by atoms with E-state index in [4.69, 9.17) is 5.73 Å². The summed E-state index contributed by atoms with van der Waals surface area (Å²) in [5.74, 6) is -0.193. The zero-order valence-electron chi connectivity index (χ0n) is 12.4. The summed E-state index contributed by atoms with van der Waals surface area (Å²) >= 11 is 0. The van der Waals surface area contributed by atoms with E-state index in [0.29, 0.717) is 13.1 Å².